The standard InChI is InChI=1S/C10H11O3.C5H5.Ru/c1-13-10(12)9(6-7-11)8-4-2-3-5-8;1-2-4-5-3-1;/h2-5,7,9H,6H2,1H3;1-5H;. The second kappa shape index (κ2) is 0.663. The molecule has 0 radical (unpaired) electrons. The number of hydrogen-bond acceptors (Lipinski definition) is 3. The van der Waals surface area contributed by atoms with Crippen molar-refractivity contribution in [3.05, 3.63) is 0 Å². The Labute approximate surface area is 98.3 Å². The fourth-order valence-electron chi connectivity index (χ4n) is 18.0. The molecule has 19 heavy (non-hydrogen) atoms. The summed E-state index contributed by atoms with van der Waals surface area (Å²) in [5, 5.41) is 0. The summed E-state index contributed by atoms with van der Waals surface area (Å²) in [6.45, 7) is 0. The third kappa shape index (κ3) is 0.0851. The molecule has 0 amide bonds. The molecule has 5 atom stereocenters. The van der Waals surface area contributed by atoms with Gasteiger partial charge in [0.2, 0.25) is 0 Å². The van der Waals surface area contributed by atoms with Crippen LogP contribution in [0, 0.1) is 5.92 Å². The average Bonchev–Trinajstić information content (AvgIpc) is 3.37. The zero-order valence-electron chi connectivity index (χ0n) is 10.6. The summed E-state index contributed by atoms with van der Waals surface area (Å²) in [5.41, 5.74) is 0. The maximum absolute atomic E-state index is 12.4. The molecule has 10 rings (SSSR count). The molecule has 0 bridgehead atoms. The molecule has 10 fully saturated rings. The van der Waals surface area contributed by atoms with Crippen molar-refractivity contribution >= 4 is 12.3 Å². The minimum atomic E-state index is -3.52. The molecule has 4 heteroatoms. The molecule has 0 aromatic rings. The van der Waals surface area contributed by atoms with Crippen molar-refractivity contribution in [1.29, 1.82) is 0 Å². The van der Waals surface area contributed by atoms with Gasteiger partial charge in [0.05, 0.1) is 0 Å². The first-order chi connectivity index (χ1) is 8.98. The van der Waals surface area contributed by atoms with E-state index in [1.807, 2.05) is 0 Å². The predicted molar refractivity (Wildman–Crippen MR) is 62.6 cm³/mol. The Balaban J connectivity index is 1.45. The molecular weight excluding hydrogens is 329 g/mol. The van der Waals surface area contributed by atoms with Crippen molar-refractivity contribution < 1.29 is 22.0 Å². The van der Waals surface area contributed by atoms with Crippen LogP contribution in [-0.2, 0) is 22.0 Å². The maximum atomic E-state index is 12.4. The number of aldehydes is 1. The van der Waals surface area contributed by atoms with Gasteiger partial charge in [0, 0.05) is 0 Å². The summed E-state index contributed by atoms with van der Waals surface area (Å²) < 4.78 is 16.4. The number of carbonyl (C=O) groups is 2. The van der Waals surface area contributed by atoms with Crippen molar-refractivity contribution in [2.24, 2.45) is 5.92 Å². The Kier molecular flexibility index (Phi) is 0.268. The Morgan fingerprint density at radius 3 is 1.95 bits per heavy atom. The van der Waals surface area contributed by atoms with E-state index < -0.39 is 7.72 Å². The first kappa shape index (κ1) is 7.68. The molecule has 10 aliphatic heterocycles. The topological polar surface area (TPSA) is 43.4 Å². The van der Waals surface area contributed by atoms with E-state index in [1.54, 1.807) is 0 Å². The molecular formula is C15H16O3Ru. The Bertz CT molecular complexity index is 976. The van der Waals surface area contributed by atoms with E-state index >= 15 is 0 Å². The van der Waals surface area contributed by atoms with Crippen LogP contribution in [0.3, 0.4) is 0 Å². The SMILES string of the molecule is COC(=O)C(CC=O)[C]12[CH]3[CH]4[CH]5[CH]1[Ru]45321678[CH]2[CH]1[CH]6[CH]7[CH]28. The van der Waals surface area contributed by atoms with Crippen molar-refractivity contribution in [3.8, 4) is 0 Å². The Morgan fingerprint density at radius 2 is 1.68 bits per heavy atom. The summed E-state index contributed by atoms with van der Waals surface area (Å²) in [4.78, 5) is 23.6. The number of hydrogen-bond donors (Lipinski definition) is 0. The van der Waals surface area contributed by atoms with E-state index in [0.717, 1.165) is 15.3 Å². The molecule has 10 saturated heterocycles. The van der Waals surface area contributed by atoms with E-state index in [0.29, 0.717) is 10.4 Å². The van der Waals surface area contributed by atoms with Crippen LogP contribution in [-0.4, -0.2) is 19.4 Å². The van der Waals surface area contributed by atoms with Gasteiger partial charge in [0.1, 0.15) is 0 Å². The van der Waals surface area contributed by atoms with Gasteiger partial charge in [-0.2, -0.15) is 0 Å². The van der Waals surface area contributed by atoms with Crippen LogP contribution in [0.2, 0.25) is 44.6 Å². The zero-order chi connectivity index (χ0) is 12.3. The summed E-state index contributed by atoms with van der Waals surface area (Å²) in [7, 11) is -2.00. The second-order valence-corrected chi connectivity index (χ2v) is 48.4. The summed E-state index contributed by atoms with van der Waals surface area (Å²) in [5.74, 6) is -0.0114. The first-order valence-electron chi connectivity index (χ1n) is 7.70. The Hall–Kier alpha value is -0.237. The third-order valence-corrected chi connectivity index (χ3v) is 83.4. The number of methoxy groups -OCH3 is 1. The van der Waals surface area contributed by atoms with Gasteiger partial charge in [-0.3, -0.25) is 0 Å². The van der Waals surface area contributed by atoms with Crippen molar-refractivity contribution in [2.45, 2.75) is 51.0 Å². The van der Waals surface area contributed by atoms with Gasteiger partial charge in [-0.1, -0.05) is 0 Å². The van der Waals surface area contributed by atoms with Crippen LogP contribution < -0.4 is 0 Å². The van der Waals surface area contributed by atoms with Gasteiger partial charge in [-0.25, -0.2) is 0 Å². The average molecular weight is 345 g/mol. The molecule has 10 aliphatic rings. The van der Waals surface area contributed by atoms with Crippen LogP contribution in [0.15, 0.2) is 0 Å². The molecule has 0 aromatic carbocycles. The minimum absolute atomic E-state index is 0.0117. The van der Waals surface area contributed by atoms with E-state index in [2.05, 4.69) is 0 Å². The number of fused-ring (bicyclic) bond motifs is 10. The summed E-state index contributed by atoms with van der Waals surface area (Å²) >= 11 is 0. The molecule has 1 spiro atoms. The van der Waals surface area contributed by atoms with Gasteiger partial charge >= 0.3 is 98.4 Å². The fourth-order valence-corrected chi connectivity index (χ4v) is 153. The van der Waals surface area contributed by atoms with Gasteiger partial charge < -0.3 is 0 Å². The molecule has 102 valence electrons. The van der Waals surface area contributed by atoms with Crippen LogP contribution in [0.4, 0.5) is 0 Å². The third-order valence-electron chi connectivity index (χ3n) is 16.1. The first-order valence-corrected chi connectivity index (χ1v) is 17.6. The monoisotopic (exact) mass is 346 g/mol. The van der Waals surface area contributed by atoms with E-state index in [4.69, 9.17) is 4.74 Å². The van der Waals surface area contributed by atoms with E-state index in [9.17, 15) is 9.59 Å². The van der Waals surface area contributed by atoms with Crippen LogP contribution >= 0.6 is 0 Å². The molecule has 5 unspecified atom stereocenters. The fraction of sp³-hybridized carbons (Fsp3) is 0.867. The molecule has 10 heterocycles. The van der Waals surface area contributed by atoms with Crippen molar-refractivity contribution in [3.63, 3.8) is 0 Å². The van der Waals surface area contributed by atoms with Crippen LogP contribution in [0.5, 0.6) is 0 Å². The van der Waals surface area contributed by atoms with Crippen LogP contribution in [0.25, 0.3) is 0 Å². The molecule has 0 aliphatic carbocycles. The number of carbonyl (C=O) groups excluding carboxylic acids is 2. The molecule has 0 saturated carbocycles. The predicted octanol–water partition coefficient (Wildman–Crippen LogP) is 3.12. The quantitative estimate of drug-likeness (QED) is 0.447. The van der Waals surface area contributed by atoms with Crippen molar-refractivity contribution in [2.75, 3.05) is 7.11 Å². The van der Waals surface area contributed by atoms with Gasteiger partial charge in [0.25, 0.3) is 0 Å². The molecule has 0 N–H and O–H groups in total. The van der Waals surface area contributed by atoms with Crippen LogP contribution in [0.1, 0.15) is 6.42 Å². The van der Waals surface area contributed by atoms with Gasteiger partial charge in [0.15, 0.2) is 0 Å². The number of ether oxygens (including phenoxy) is 1. The summed E-state index contributed by atoms with van der Waals surface area (Å²) in [6, 6.07) is 0. The molecule has 3 nitrogen and oxygen atoms in total. The van der Waals surface area contributed by atoms with E-state index in [1.165, 1.54) is 38.7 Å². The second-order valence-electron chi connectivity index (χ2n) is 11.2. The van der Waals surface area contributed by atoms with Gasteiger partial charge in [-0.15, -0.1) is 0 Å². The summed E-state index contributed by atoms with van der Waals surface area (Å²) in [6.07, 6.45) is 1.48. The normalized spacial score (nSPS) is 109. The Morgan fingerprint density at radius 1 is 1.16 bits per heavy atom. The van der Waals surface area contributed by atoms with Gasteiger partial charge in [-0.05, 0) is 0 Å². The van der Waals surface area contributed by atoms with Crippen molar-refractivity contribution in [1.82, 2.24) is 0 Å². The number of esters is 1. The number of rotatable bonds is 4. The zero-order valence-corrected chi connectivity index (χ0v) is 12.4. The molecule has 0 aromatic heterocycles. The van der Waals surface area contributed by atoms with E-state index in [-0.39, 0.29) is 11.9 Å².